The predicted octanol–water partition coefficient (Wildman–Crippen LogP) is 2.70. The lowest BCUT2D eigenvalue weighted by atomic mass is 10.2. The summed E-state index contributed by atoms with van der Waals surface area (Å²) in [6.07, 6.45) is 4.23. The molecule has 2 N–H and O–H groups in total. The number of phenolic OH excluding ortho intramolecular Hbond substituents is 1. The Kier molecular flexibility index (Phi) is 5.14. The third-order valence-corrected chi connectivity index (χ3v) is 5.53. The zero-order valence-electron chi connectivity index (χ0n) is 14.4. The minimum atomic E-state index is -0.0907. The number of carbonyl (C=O) groups is 1. The van der Waals surface area contributed by atoms with E-state index in [1.165, 1.54) is 11.3 Å². The molecule has 1 aromatic carbocycles. The van der Waals surface area contributed by atoms with Crippen molar-refractivity contribution in [2.75, 3.05) is 18.5 Å². The van der Waals surface area contributed by atoms with Crippen LogP contribution in [0.3, 0.4) is 0 Å². The molecule has 0 bridgehead atoms. The second-order valence-corrected chi connectivity index (χ2v) is 7.81. The number of aromatic hydroxyl groups is 1. The molecule has 1 amide bonds. The highest BCUT2D eigenvalue weighted by Gasteiger charge is 2.30. The number of anilines is 1. The van der Waals surface area contributed by atoms with Gasteiger partial charge in [-0.05, 0) is 43.4 Å². The van der Waals surface area contributed by atoms with Crippen LogP contribution in [0.2, 0.25) is 0 Å². The first-order chi connectivity index (χ1) is 12.7. The number of ether oxygens (including phenoxy) is 1. The van der Waals surface area contributed by atoms with E-state index in [0.29, 0.717) is 24.3 Å². The fraction of sp³-hybridized carbons (Fsp3) is 0.500. The van der Waals surface area contributed by atoms with E-state index in [0.717, 1.165) is 42.9 Å². The smallest absolute Gasteiger partial charge is 0.240 e. The lowest BCUT2D eigenvalue weighted by molar-refractivity contribution is -0.117. The number of benzene rings is 1. The summed E-state index contributed by atoms with van der Waals surface area (Å²) in [5, 5.41) is 22.0. The normalized spacial score (nSPS) is 19.8. The second-order valence-electron chi connectivity index (χ2n) is 6.80. The van der Waals surface area contributed by atoms with Crippen LogP contribution >= 0.6 is 11.3 Å². The van der Waals surface area contributed by atoms with Gasteiger partial charge in [-0.15, -0.1) is 10.2 Å². The zero-order chi connectivity index (χ0) is 17.9. The lowest BCUT2D eigenvalue weighted by Gasteiger charge is -2.21. The number of nitrogens with one attached hydrogen (secondary N) is 1. The summed E-state index contributed by atoms with van der Waals surface area (Å²) >= 11 is 1.38. The van der Waals surface area contributed by atoms with Crippen molar-refractivity contribution in [1.82, 2.24) is 15.1 Å². The molecule has 1 aromatic heterocycles. The average molecular weight is 374 g/mol. The van der Waals surface area contributed by atoms with Gasteiger partial charge in [-0.2, -0.15) is 0 Å². The van der Waals surface area contributed by atoms with Crippen molar-refractivity contribution in [1.29, 1.82) is 0 Å². The Hall–Kier alpha value is -2.03. The van der Waals surface area contributed by atoms with Crippen LogP contribution in [0.15, 0.2) is 24.3 Å². The van der Waals surface area contributed by atoms with Gasteiger partial charge in [-0.25, -0.2) is 0 Å². The van der Waals surface area contributed by atoms with Gasteiger partial charge in [0, 0.05) is 19.2 Å². The van der Waals surface area contributed by atoms with Crippen LogP contribution in [0.4, 0.5) is 5.13 Å². The molecular weight excluding hydrogens is 352 g/mol. The summed E-state index contributed by atoms with van der Waals surface area (Å²) in [7, 11) is 0. The Morgan fingerprint density at radius 2 is 2.23 bits per heavy atom. The van der Waals surface area contributed by atoms with Gasteiger partial charge in [-0.1, -0.05) is 23.5 Å². The molecule has 7 nitrogen and oxygen atoms in total. The summed E-state index contributed by atoms with van der Waals surface area (Å²) in [5.41, 5.74) is 1.00. The number of nitrogens with zero attached hydrogens (tertiary/aromatic N) is 3. The first-order valence-corrected chi connectivity index (χ1v) is 9.76. The Balaban J connectivity index is 1.35. The number of phenols is 1. The molecule has 1 aliphatic heterocycles. The summed E-state index contributed by atoms with van der Waals surface area (Å²) in [6, 6.07) is 7.61. The summed E-state index contributed by atoms with van der Waals surface area (Å²) in [5.74, 6) is 0.158. The second kappa shape index (κ2) is 7.69. The fourth-order valence-electron chi connectivity index (χ4n) is 3.17. The van der Waals surface area contributed by atoms with E-state index < -0.39 is 0 Å². The van der Waals surface area contributed by atoms with Crippen molar-refractivity contribution in [3.8, 4) is 5.75 Å². The number of carbonyl (C=O) groups excluding carboxylic acids is 1. The zero-order valence-corrected chi connectivity index (χ0v) is 15.2. The van der Waals surface area contributed by atoms with E-state index in [1.807, 2.05) is 12.1 Å². The molecule has 2 aromatic rings. The maximum atomic E-state index is 12.4. The molecule has 4 rings (SSSR count). The Morgan fingerprint density at radius 3 is 2.96 bits per heavy atom. The van der Waals surface area contributed by atoms with Crippen molar-refractivity contribution < 1.29 is 14.6 Å². The van der Waals surface area contributed by atoms with Gasteiger partial charge in [0.05, 0.1) is 6.54 Å². The van der Waals surface area contributed by atoms with Gasteiger partial charge in [0.25, 0.3) is 0 Å². The Morgan fingerprint density at radius 1 is 1.35 bits per heavy atom. The van der Waals surface area contributed by atoms with Gasteiger partial charge < -0.3 is 9.84 Å². The highest BCUT2D eigenvalue weighted by atomic mass is 32.1. The average Bonchev–Trinajstić information content (AvgIpc) is 3.12. The Bertz CT molecular complexity index is 771. The molecule has 8 heteroatoms. The van der Waals surface area contributed by atoms with Gasteiger partial charge in [0.2, 0.25) is 11.0 Å². The predicted molar refractivity (Wildman–Crippen MR) is 98.0 cm³/mol. The Labute approximate surface area is 156 Å². The standard InChI is InChI=1S/C18H22N4O3S/c23-14-4-1-3-12(9-14)10-22(13-6-7-13)11-16(24)19-18-21-20-17(26-18)15-5-2-8-25-15/h1,3-4,9,13,15,23H,2,5-8,10-11H2,(H,19,21,24). The van der Waals surface area contributed by atoms with Gasteiger partial charge in [0.1, 0.15) is 16.9 Å². The lowest BCUT2D eigenvalue weighted by Crippen LogP contribution is -2.34. The molecule has 0 radical (unpaired) electrons. The summed E-state index contributed by atoms with van der Waals surface area (Å²) in [4.78, 5) is 14.6. The molecule has 1 saturated carbocycles. The van der Waals surface area contributed by atoms with Crippen LogP contribution in [0.1, 0.15) is 42.4 Å². The molecule has 1 aliphatic carbocycles. The molecule has 2 fully saturated rings. The first kappa shape index (κ1) is 17.4. The quantitative estimate of drug-likeness (QED) is 0.775. The molecule has 2 aliphatic rings. The molecule has 1 atom stereocenters. The molecule has 2 heterocycles. The molecule has 26 heavy (non-hydrogen) atoms. The maximum absolute atomic E-state index is 12.4. The van der Waals surface area contributed by atoms with E-state index in [4.69, 9.17) is 4.74 Å². The number of amides is 1. The van der Waals surface area contributed by atoms with E-state index in [9.17, 15) is 9.90 Å². The van der Waals surface area contributed by atoms with Crippen molar-refractivity contribution in [2.45, 2.75) is 44.4 Å². The van der Waals surface area contributed by atoms with Gasteiger partial charge in [-0.3, -0.25) is 15.0 Å². The molecule has 1 unspecified atom stereocenters. The van der Waals surface area contributed by atoms with Crippen molar-refractivity contribution in [3.05, 3.63) is 34.8 Å². The van der Waals surface area contributed by atoms with Crippen LogP contribution in [-0.4, -0.2) is 45.3 Å². The summed E-state index contributed by atoms with van der Waals surface area (Å²) in [6.45, 7) is 1.70. The maximum Gasteiger partial charge on any atom is 0.240 e. The number of hydrogen-bond acceptors (Lipinski definition) is 7. The van der Waals surface area contributed by atoms with E-state index in [-0.39, 0.29) is 17.8 Å². The topological polar surface area (TPSA) is 87.6 Å². The number of aromatic nitrogens is 2. The highest BCUT2D eigenvalue weighted by molar-refractivity contribution is 7.15. The van der Waals surface area contributed by atoms with Gasteiger partial charge >= 0.3 is 0 Å². The monoisotopic (exact) mass is 374 g/mol. The van der Waals surface area contributed by atoms with E-state index in [1.54, 1.807) is 12.1 Å². The first-order valence-electron chi connectivity index (χ1n) is 8.94. The SMILES string of the molecule is O=C(CN(Cc1cccc(O)c1)C1CC1)Nc1nnc(C2CCCO2)s1. The van der Waals surface area contributed by atoms with Crippen LogP contribution in [0.25, 0.3) is 0 Å². The molecular formula is C18H22N4O3S. The van der Waals surface area contributed by atoms with Crippen LogP contribution in [-0.2, 0) is 16.1 Å². The number of hydrogen-bond donors (Lipinski definition) is 2. The van der Waals surface area contributed by atoms with E-state index in [2.05, 4.69) is 20.4 Å². The molecule has 138 valence electrons. The minimum absolute atomic E-state index is 0.0203. The van der Waals surface area contributed by atoms with Crippen molar-refractivity contribution in [3.63, 3.8) is 0 Å². The van der Waals surface area contributed by atoms with Crippen LogP contribution < -0.4 is 5.32 Å². The third-order valence-electron chi connectivity index (χ3n) is 4.60. The fourth-order valence-corrected chi connectivity index (χ4v) is 4.02. The largest absolute Gasteiger partial charge is 0.508 e. The van der Waals surface area contributed by atoms with Crippen LogP contribution in [0, 0.1) is 0 Å². The number of rotatable bonds is 7. The van der Waals surface area contributed by atoms with E-state index >= 15 is 0 Å². The highest BCUT2D eigenvalue weighted by Crippen LogP contribution is 2.32. The van der Waals surface area contributed by atoms with Gasteiger partial charge in [0.15, 0.2) is 0 Å². The van der Waals surface area contributed by atoms with Crippen LogP contribution in [0.5, 0.6) is 5.75 Å². The third kappa shape index (κ3) is 4.38. The summed E-state index contributed by atoms with van der Waals surface area (Å²) < 4.78 is 5.60. The van der Waals surface area contributed by atoms with Crippen molar-refractivity contribution in [2.24, 2.45) is 0 Å². The molecule has 1 saturated heterocycles. The minimum Gasteiger partial charge on any atom is -0.508 e. The molecule has 0 spiro atoms. The van der Waals surface area contributed by atoms with Crippen molar-refractivity contribution >= 4 is 22.4 Å².